The lowest BCUT2D eigenvalue weighted by Crippen LogP contribution is -2.08. The predicted molar refractivity (Wildman–Crippen MR) is 44.9 cm³/mol. The van der Waals surface area contributed by atoms with Crippen LogP contribution in [-0.4, -0.2) is 18.2 Å². The third-order valence-corrected chi connectivity index (χ3v) is 1.20. The van der Waals surface area contributed by atoms with E-state index in [1.54, 1.807) is 12.1 Å². The van der Waals surface area contributed by atoms with Crippen molar-refractivity contribution in [1.82, 2.24) is 0 Å². The van der Waals surface area contributed by atoms with E-state index in [2.05, 4.69) is 0 Å². The molecule has 4 heteroatoms. The summed E-state index contributed by atoms with van der Waals surface area (Å²) in [6, 6.07) is 6.40. The fraction of sp³-hybridized carbons (Fsp3) is 0.143. The van der Waals surface area contributed by atoms with E-state index in [0.29, 0.717) is 0 Å². The van der Waals surface area contributed by atoms with E-state index in [1.165, 1.54) is 12.1 Å². The van der Waals surface area contributed by atoms with E-state index in [9.17, 15) is 4.39 Å². The van der Waals surface area contributed by atoms with Crippen molar-refractivity contribution in [3.8, 4) is 0 Å². The van der Waals surface area contributed by atoms with Gasteiger partial charge in [0.05, 0.1) is 0 Å². The van der Waals surface area contributed by atoms with Gasteiger partial charge >= 0.3 is 0 Å². The summed E-state index contributed by atoms with van der Waals surface area (Å²) in [6.07, 6.45) is 0. The first-order chi connectivity index (χ1) is 4.33. The lowest BCUT2D eigenvalue weighted by Gasteiger charge is -1.91. The summed E-state index contributed by atoms with van der Waals surface area (Å²) in [5.74, 6) is -0.180. The average Bonchev–Trinajstić information content (AvgIpc) is 1.90. The highest BCUT2D eigenvalue weighted by molar-refractivity contribution is 6.51. The van der Waals surface area contributed by atoms with Crippen molar-refractivity contribution in [2.24, 2.45) is 0 Å². The minimum absolute atomic E-state index is 0. The molecule has 1 aromatic rings. The standard InChI is InChI=1S/C7H7BF.2H2O/c1-8-6-2-4-7(9)5-3-6;;/h2-5H,1H3;2*1H2. The van der Waals surface area contributed by atoms with Gasteiger partial charge in [-0.2, -0.15) is 0 Å². The van der Waals surface area contributed by atoms with E-state index >= 15 is 0 Å². The summed E-state index contributed by atoms with van der Waals surface area (Å²) >= 11 is 0. The highest BCUT2D eigenvalue weighted by Gasteiger charge is 1.88. The molecule has 0 atom stereocenters. The lowest BCUT2D eigenvalue weighted by atomic mass is 9.73. The molecule has 0 bridgehead atoms. The molecule has 2 nitrogen and oxygen atoms in total. The summed E-state index contributed by atoms with van der Waals surface area (Å²) in [4.78, 5) is 0. The average molecular weight is 157 g/mol. The molecule has 0 amide bonds. The Balaban J connectivity index is 0. The number of hydrogen-bond acceptors (Lipinski definition) is 0. The van der Waals surface area contributed by atoms with Gasteiger partial charge in [-0.05, 0) is 12.1 Å². The first kappa shape index (κ1) is 12.8. The SMILES string of the molecule is C[B]c1ccc(F)cc1.O.O. The van der Waals surface area contributed by atoms with Crippen molar-refractivity contribution in [3.05, 3.63) is 30.1 Å². The molecule has 0 aliphatic rings. The van der Waals surface area contributed by atoms with Crippen LogP contribution in [-0.2, 0) is 0 Å². The maximum Gasteiger partial charge on any atom is 0.148 e. The van der Waals surface area contributed by atoms with Crippen LogP contribution in [0.5, 0.6) is 0 Å². The Labute approximate surface area is 65.9 Å². The molecule has 0 aliphatic heterocycles. The van der Waals surface area contributed by atoms with Crippen molar-refractivity contribution in [2.75, 3.05) is 0 Å². The molecule has 1 radical (unpaired) electrons. The molecule has 0 saturated carbocycles. The van der Waals surface area contributed by atoms with Crippen LogP contribution in [0.4, 0.5) is 4.39 Å². The van der Waals surface area contributed by atoms with E-state index in [0.717, 1.165) is 5.46 Å². The van der Waals surface area contributed by atoms with Gasteiger partial charge < -0.3 is 11.0 Å². The maximum atomic E-state index is 12.2. The normalized spacial score (nSPS) is 7.45. The summed E-state index contributed by atoms with van der Waals surface area (Å²) in [7, 11) is 1.93. The van der Waals surface area contributed by atoms with E-state index in [1.807, 2.05) is 14.1 Å². The van der Waals surface area contributed by atoms with Crippen LogP contribution in [0.3, 0.4) is 0 Å². The largest absolute Gasteiger partial charge is 0.412 e. The van der Waals surface area contributed by atoms with Gasteiger partial charge in [0.25, 0.3) is 0 Å². The molecule has 4 N–H and O–H groups in total. The summed E-state index contributed by atoms with van der Waals surface area (Å²) in [5, 5.41) is 0. The molecule has 0 fully saturated rings. The monoisotopic (exact) mass is 157 g/mol. The summed E-state index contributed by atoms with van der Waals surface area (Å²) < 4.78 is 12.2. The van der Waals surface area contributed by atoms with Crippen molar-refractivity contribution >= 4 is 12.7 Å². The molecule has 1 aromatic carbocycles. The van der Waals surface area contributed by atoms with E-state index < -0.39 is 0 Å². The second-order valence-corrected chi connectivity index (χ2v) is 1.84. The van der Waals surface area contributed by atoms with Crippen LogP contribution in [0.2, 0.25) is 6.82 Å². The Bertz CT molecular complexity index is 188. The Kier molecular flexibility index (Phi) is 6.84. The zero-order valence-electron chi connectivity index (χ0n) is 6.26. The lowest BCUT2D eigenvalue weighted by molar-refractivity contribution is 0.628. The Morgan fingerprint density at radius 3 is 1.91 bits per heavy atom. The minimum atomic E-state index is -0.180. The van der Waals surface area contributed by atoms with Crippen LogP contribution in [0.25, 0.3) is 0 Å². The molecular weight excluding hydrogens is 146 g/mol. The third kappa shape index (κ3) is 3.75. The molecular formula is C7H11BFO2. The van der Waals surface area contributed by atoms with Gasteiger partial charge in [-0.25, -0.2) is 4.39 Å². The van der Waals surface area contributed by atoms with Crippen LogP contribution < -0.4 is 5.46 Å². The predicted octanol–water partition coefficient (Wildman–Crippen LogP) is -0.446. The second-order valence-electron chi connectivity index (χ2n) is 1.84. The third-order valence-electron chi connectivity index (χ3n) is 1.20. The van der Waals surface area contributed by atoms with Gasteiger partial charge in [-0.15, -0.1) is 0 Å². The van der Waals surface area contributed by atoms with Gasteiger partial charge in [0.1, 0.15) is 13.1 Å². The topological polar surface area (TPSA) is 63.0 Å². The van der Waals surface area contributed by atoms with Gasteiger partial charge in [0.15, 0.2) is 0 Å². The van der Waals surface area contributed by atoms with Crippen LogP contribution >= 0.6 is 0 Å². The van der Waals surface area contributed by atoms with Gasteiger partial charge in [-0.3, -0.25) is 0 Å². The van der Waals surface area contributed by atoms with Crippen LogP contribution in [0.15, 0.2) is 24.3 Å². The summed E-state index contributed by atoms with van der Waals surface area (Å²) in [6.45, 7) is 1.92. The molecule has 0 heterocycles. The Morgan fingerprint density at radius 1 is 1.09 bits per heavy atom. The first-order valence-corrected chi connectivity index (χ1v) is 2.88. The second kappa shape index (κ2) is 5.89. The Morgan fingerprint density at radius 2 is 1.55 bits per heavy atom. The highest BCUT2D eigenvalue weighted by atomic mass is 19.1. The van der Waals surface area contributed by atoms with E-state index in [4.69, 9.17) is 0 Å². The fourth-order valence-electron chi connectivity index (χ4n) is 0.655. The molecule has 0 saturated heterocycles. The minimum Gasteiger partial charge on any atom is -0.412 e. The van der Waals surface area contributed by atoms with Crippen molar-refractivity contribution in [3.63, 3.8) is 0 Å². The molecule has 11 heavy (non-hydrogen) atoms. The van der Waals surface area contributed by atoms with Crippen molar-refractivity contribution < 1.29 is 15.3 Å². The zero-order valence-corrected chi connectivity index (χ0v) is 6.26. The van der Waals surface area contributed by atoms with Crippen LogP contribution in [0, 0.1) is 5.82 Å². The van der Waals surface area contributed by atoms with Gasteiger partial charge in [-0.1, -0.05) is 24.4 Å². The smallest absolute Gasteiger partial charge is 0.148 e. The quantitative estimate of drug-likeness (QED) is 0.496. The maximum absolute atomic E-state index is 12.2. The van der Waals surface area contributed by atoms with Crippen molar-refractivity contribution in [2.45, 2.75) is 6.82 Å². The molecule has 0 spiro atoms. The van der Waals surface area contributed by atoms with E-state index in [-0.39, 0.29) is 16.8 Å². The fourth-order valence-corrected chi connectivity index (χ4v) is 0.655. The first-order valence-electron chi connectivity index (χ1n) is 2.88. The highest BCUT2D eigenvalue weighted by Crippen LogP contribution is 1.90. The molecule has 0 unspecified atom stereocenters. The number of rotatable bonds is 1. The number of benzene rings is 1. The number of halogens is 1. The molecule has 0 aliphatic carbocycles. The van der Waals surface area contributed by atoms with Gasteiger partial charge in [0.2, 0.25) is 0 Å². The molecule has 1 rings (SSSR count). The van der Waals surface area contributed by atoms with Gasteiger partial charge in [0, 0.05) is 0 Å². The van der Waals surface area contributed by atoms with Crippen molar-refractivity contribution in [1.29, 1.82) is 0 Å². The molecule has 0 aromatic heterocycles. The zero-order chi connectivity index (χ0) is 6.69. The summed E-state index contributed by atoms with van der Waals surface area (Å²) in [5.41, 5.74) is 1.05. The number of hydrogen-bond donors (Lipinski definition) is 0. The Hall–Kier alpha value is -0.865. The molecule has 61 valence electrons. The van der Waals surface area contributed by atoms with Crippen LogP contribution in [0.1, 0.15) is 0 Å².